The van der Waals surface area contributed by atoms with E-state index in [1.165, 1.54) is 77.6 Å². The molecule has 7 aromatic carbocycles. The Kier molecular flexibility index (Phi) is 5.95. The van der Waals surface area contributed by atoms with E-state index in [1.54, 1.807) is 0 Å². The maximum Gasteiger partial charge on any atom is 0.0541 e. The van der Waals surface area contributed by atoms with Gasteiger partial charge in [-0.05, 0) is 98.6 Å². The fourth-order valence-corrected chi connectivity index (χ4v) is 8.23. The molecule has 0 bridgehead atoms. The van der Waals surface area contributed by atoms with E-state index in [4.69, 9.17) is 0 Å². The van der Waals surface area contributed by atoms with Gasteiger partial charge in [0.25, 0.3) is 0 Å². The summed E-state index contributed by atoms with van der Waals surface area (Å²) in [7, 11) is 0. The maximum absolute atomic E-state index is 2.47. The van der Waals surface area contributed by atoms with E-state index in [9.17, 15) is 0 Å². The number of hydrogen-bond donors (Lipinski definition) is 0. The van der Waals surface area contributed by atoms with Crippen LogP contribution in [0.3, 0.4) is 0 Å². The van der Waals surface area contributed by atoms with Gasteiger partial charge in [-0.15, -0.1) is 0 Å². The Morgan fingerprint density at radius 3 is 1.53 bits per heavy atom. The molecule has 2 aliphatic rings. The molecule has 0 amide bonds. The van der Waals surface area contributed by atoms with Crippen LogP contribution in [-0.2, 0) is 5.41 Å². The van der Waals surface area contributed by atoms with E-state index >= 15 is 0 Å². The van der Waals surface area contributed by atoms with Crippen LogP contribution in [0.25, 0.3) is 72.0 Å². The Labute approximate surface area is 286 Å². The molecule has 1 aromatic heterocycles. The zero-order chi connectivity index (χ0) is 32.7. The summed E-state index contributed by atoms with van der Waals surface area (Å²) in [6, 6.07) is 58.2. The number of anilines is 2. The van der Waals surface area contributed by atoms with Crippen molar-refractivity contribution >= 4 is 33.2 Å². The number of rotatable bonds is 2. The highest BCUT2D eigenvalue weighted by Gasteiger charge is 2.32. The molecule has 2 heterocycles. The van der Waals surface area contributed by atoms with Gasteiger partial charge >= 0.3 is 0 Å². The summed E-state index contributed by atoms with van der Waals surface area (Å²) in [4.78, 5) is 2.35. The van der Waals surface area contributed by atoms with Gasteiger partial charge in [-0.25, -0.2) is 0 Å². The molecule has 1 aliphatic carbocycles. The molecule has 0 saturated heterocycles. The van der Waals surface area contributed by atoms with Crippen LogP contribution < -0.4 is 4.90 Å². The van der Waals surface area contributed by atoms with Crippen LogP contribution in [0.4, 0.5) is 11.4 Å². The molecule has 1 aliphatic heterocycles. The lowest BCUT2D eigenvalue weighted by Gasteiger charge is -2.37. The second-order valence-corrected chi connectivity index (χ2v) is 13.8. The van der Waals surface area contributed by atoms with Gasteiger partial charge in [-0.3, -0.25) is 0 Å². The molecular weight excluding hydrogens is 593 g/mol. The van der Waals surface area contributed by atoms with Gasteiger partial charge in [0.2, 0.25) is 0 Å². The van der Waals surface area contributed by atoms with E-state index in [-0.39, 0.29) is 5.41 Å². The number of nitrogens with zero attached hydrogens (tertiary/aromatic N) is 2. The monoisotopic (exact) mass is 626 g/mol. The van der Waals surface area contributed by atoms with E-state index in [0.29, 0.717) is 0 Å². The molecule has 0 radical (unpaired) electrons. The van der Waals surface area contributed by atoms with E-state index in [1.807, 2.05) is 0 Å². The summed E-state index contributed by atoms with van der Waals surface area (Å²) in [6.45, 7) is 4.65. The van der Waals surface area contributed by atoms with E-state index in [0.717, 1.165) is 11.4 Å². The van der Waals surface area contributed by atoms with Crippen LogP contribution in [0.2, 0.25) is 0 Å². The van der Waals surface area contributed by atoms with Crippen molar-refractivity contribution in [2.45, 2.75) is 19.3 Å². The molecule has 0 N–H and O–H groups in total. The van der Waals surface area contributed by atoms with Crippen molar-refractivity contribution in [1.29, 1.82) is 0 Å². The Morgan fingerprint density at radius 2 is 0.898 bits per heavy atom. The molecule has 2 nitrogen and oxygen atoms in total. The summed E-state index contributed by atoms with van der Waals surface area (Å²) >= 11 is 0. The summed E-state index contributed by atoms with van der Waals surface area (Å²) in [5, 5.41) is 2.54. The van der Waals surface area contributed by atoms with Crippen molar-refractivity contribution in [3.05, 3.63) is 176 Å². The van der Waals surface area contributed by atoms with E-state index < -0.39 is 0 Å². The lowest BCUT2D eigenvalue weighted by Crippen LogP contribution is -2.25. The largest absolute Gasteiger partial charge is 0.317 e. The second-order valence-electron chi connectivity index (χ2n) is 13.8. The highest BCUT2D eigenvalue weighted by Crippen LogP contribution is 2.52. The maximum atomic E-state index is 2.47. The highest BCUT2D eigenvalue weighted by atomic mass is 15.1. The third-order valence-electron chi connectivity index (χ3n) is 10.6. The first-order valence-electron chi connectivity index (χ1n) is 17.1. The highest BCUT2D eigenvalue weighted by molar-refractivity contribution is 6.10. The van der Waals surface area contributed by atoms with Gasteiger partial charge in [0, 0.05) is 33.8 Å². The van der Waals surface area contributed by atoms with Crippen molar-refractivity contribution in [2.24, 2.45) is 0 Å². The number of fused-ring (bicyclic) bond motifs is 12. The van der Waals surface area contributed by atoms with Gasteiger partial charge in [0.05, 0.1) is 16.7 Å². The fraction of sp³-hybridized carbons (Fsp3) is 0.0638. The predicted molar refractivity (Wildman–Crippen MR) is 207 cm³/mol. The minimum Gasteiger partial charge on any atom is -0.317 e. The molecular formula is C47H34N2. The average Bonchev–Trinajstić information content (AvgIpc) is 3.48. The van der Waals surface area contributed by atoms with Gasteiger partial charge in [0.1, 0.15) is 0 Å². The van der Waals surface area contributed by atoms with Crippen molar-refractivity contribution < 1.29 is 0 Å². The normalized spacial score (nSPS) is 14.0. The lowest BCUT2D eigenvalue weighted by atomic mass is 9.75. The van der Waals surface area contributed by atoms with Crippen molar-refractivity contribution in [1.82, 2.24) is 4.57 Å². The first kappa shape index (κ1) is 27.9. The Balaban J connectivity index is 1.31. The topological polar surface area (TPSA) is 8.17 Å². The van der Waals surface area contributed by atoms with E-state index in [2.05, 4.69) is 193 Å². The number of hydrogen-bond acceptors (Lipinski definition) is 1. The average molecular weight is 627 g/mol. The van der Waals surface area contributed by atoms with Gasteiger partial charge in [0.15, 0.2) is 0 Å². The number of aromatic nitrogens is 1. The number of allylic oxidation sites excluding steroid dienone is 1. The zero-order valence-electron chi connectivity index (χ0n) is 27.6. The van der Waals surface area contributed by atoms with Crippen LogP contribution >= 0.6 is 0 Å². The Bertz CT molecular complexity index is 2580. The quantitative estimate of drug-likeness (QED) is 0.185. The predicted octanol–water partition coefficient (Wildman–Crippen LogP) is 12.7. The van der Waals surface area contributed by atoms with Crippen LogP contribution in [0.1, 0.15) is 19.4 Å². The molecule has 10 rings (SSSR count). The summed E-state index contributed by atoms with van der Waals surface area (Å²) in [5.41, 5.74) is 17.2. The van der Waals surface area contributed by atoms with Gasteiger partial charge < -0.3 is 9.47 Å². The van der Waals surface area contributed by atoms with Gasteiger partial charge in [-0.1, -0.05) is 129 Å². The number of benzene rings is 7. The van der Waals surface area contributed by atoms with Crippen molar-refractivity contribution in [3.8, 4) is 50.2 Å². The van der Waals surface area contributed by atoms with Gasteiger partial charge in [-0.2, -0.15) is 0 Å². The summed E-state index contributed by atoms with van der Waals surface area (Å²) < 4.78 is 2.43. The molecule has 0 atom stereocenters. The second kappa shape index (κ2) is 10.4. The Hall–Kier alpha value is -6.12. The molecule has 0 fully saturated rings. The fourth-order valence-electron chi connectivity index (χ4n) is 8.23. The van der Waals surface area contributed by atoms with Crippen molar-refractivity contribution in [3.63, 3.8) is 0 Å². The summed E-state index contributed by atoms with van der Waals surface area (Å²) in [5.74, 6) is 0. The molecule has 0 unspecified atom stereocenters. The minimum absolute atomic E-state index is 0.131. The third-order valence-corrected chi connectivity index (χ3v) is 10.6. The van der Waals surface area contributed by atoms with Crippen LogP contribution in [-0.4, -0.2) is 4.57 Å². The van der Waals surface area contributed by atoms with Crippen LogP contribution in [0, 0.1) is 0 Å². The minimum atomic E-state index is -0.131. The standard InChI is InChI=1S/C47H34N2/c1-47(2)26-27-48(31-14-4-3-5-15-31)46-30-42-37-25-24-32(49-44-22-12-10-20-38(44)39-21-11-13-23-45(39)49)28-40(37)35-18-8-6-16-33(35)34-17-7-9-19-36(34)41(42)29-43(46)47/h3-30H,1-2H3. The van der Waals surface area contributed by atoms with Crippen molar-refractivity contribution in [2.75, 3.05) is 4.90 Å². The molecule has 0 saturated carbocycles. The molecule has 49 heavy (non-hydrogen) atoms. The number of para-hydroxylation sites is 3. The van der Waals surface area contributed by atoms with Crippen LogP contribution in [0.15, 0.2) is 170 Å². The first-order chi connectivity index (χ1) is 24.1. The smallest absolute Gasteiger partial charge is 0.0541 e. The molecule has 232 valence electrons. The van der Waals surface area contributed by atoms with Crippen LogP contribution in [0.5, 0.6) is 0 Å². The third kappa shape index (κ3) is 4.14. The molecule has 8 aromatic rings. The lowest BCUT2D eigenvalue weighted by molar-refractivity contribution is 0.659. The first-order valence-corrected chi connectivity index (χ1v) is 17.1. The summed E-state index contributed by atoms with van der Waals surface area (Å²) in [6.07, 6.45) is 4.59. The molecule has 0 spiro atoms. The SMILES string of the molecule is CC1(C)C=CN(c2ccccc2)c2cc3c(cc21)-c1ccccc1-c1ccccc1-c1cc(-n2c4ccccc4c4ccccc42)ccc1-3. The zero-order valence-corrected chi connectivity index (χ0v) is 27.6. The Morgan fingerprint density at radius 1 is 0.408 bits per heavy atom. The molecule has 2 heteroatoms.